The van der Waals surface area contributed by atoms with Gasteiger partial charge in [-0.3, -0.25) is 4.79 Å². The number of aryl methyl sites for hydroxylation is 1. The van der Waals surface area contributed by atoms with Crippen LogP contribution in [-0.2, 0) is 14.8 Å². The summed E-state index contributed by atoms with van der Waals surface area (Å²) in [7, 11) is -3.75. The molecule has 0 saturated carbocycles. The van der Waals surface area contributed by atoms with Crippen molar-refractivity contribution in [2.75, 3.05) is 11.6 Å². The number of benzene rings is 2. The summed E-state index contributed by atoms with van der Waals surface area (Å²) in [4.78, 5) is 13.1. The Morgan fingerprint density at radius 2 is 1.82 bits per heavy atom. The Morgan fingerprint density at radius 1 is 1.14 bits per heavy atom. The summed E-state index contributed by atoms with van der Waals surface area (Å²) < 4.78 is 28.9. The number of carbonyl (C=O) groups is 1. The lowest BCUT2D eigenvalue weighted by Gasteiger charge is -2.20. The Kier molecular flexibility index (Phi) is 7.69. The monoisotopic (exact) mass is 420 g/mol. The van der Waals surface area contributed by atoms with Gasteiger partial charge in [-0.1, -0.05) is 45.0 Å². The van der Waals surface area contributed by atoms with Crippen LogP contribution in [-0.4, -0.2) is 20.6 Å². The van der Waals surface area contributed by atoms with Crippen LogP contribution in [0.25, 0.3) is 0 Å². The van der Waals surface area contributed by atoms with Gasteiger partial charge in [0, 0.05) is 16.9 Å². The molecular weight excluding hydrogens is 392 g/mol. The van der Waals surface area contributed by atoms with Gasteiger partial charge >= 0.3 is 0 Å². The van der Waals surface area contributed by atoms with Crippen molar-refractivity contribution in [2.24, 2.45) is 5.92 Å². The van der Waals surface area contributed by atoms with Gasteiger partial charge in [0.05, 0.1) is 10.6 Å². The molecule has 0 radical (unpaired) electrons. The first kappa shape index (κ1) is 22.5. The average Bonchev–Trinajstić information content (AvgIpc) is 2.66. The third-order valence-corrected chi connectivity index (χ3v) is 6.80. The standard InChI is InChI=1S/C21H28N2O3S2/c1-6-18(17-10-8-7-9-15(17)4)23-28(25,26)16-11-12-20(27-5)19(13-16)22-21(24)14(2)3/h7-14,18,23H,6H2,1-5H3,(H,22,24). The predicted octanol–water partition coefficient (Wildman–Crippen LogP) is 4.74. The number of hydrogen-bond acceptors (Lipinski definition) is 4. The van der Waals surface area contributed by atoms with Crippen LogP contribution in [0.1, 0.15) is 44.4 Å². The smallest absolute Gasteiger partial charge is 0.241 e. The minimum atomic E-state index is -3.75. The van der Waals surface area contributed by atoms with Gasteiger partial charge in [0.15, 0.2) is 0 Å². The molecular formula is C21H28N2O3S2. The molecule has 2 aromatic rings. The Balaban J connectivity index is 2.36. The zero-order valence-electron chi connectivity index (χ0n) is 16.9. The molecule has 2 rings (SSSR count). The normalized spacial score (nSPS) is 12.8. The predicted molar refractivity (Wildman–Crippen MR) is 116 cm³/mol. The van der Waals surface area contributed by atoms with E-state index in [1.807, 2.05) is 44.4 Å². The maximum Gasteiger partial charge on any atom is 0.241 e. The molecule has 152 valence electrons. The molecule has 1 atom stereocenters. The van der Waals surface area contributed by atoms with Crippen LogP contribution >= 0.6 is 11.8 Å². The van der Waals surface area contributed by atoms with E-state index in [1.165, 1.54) is 17.8 Å². The second-order valence-corrected chi connectivity index (χ2v) is 9.51. The molecule has 0 saturated heterocycles. The summed E-state index contributed by atoms with van der Waals surface area (Å²) in [6, 6.07) is 12.3. The van der Waals surface area contributed by atoms with Crippen molar-refractivity contribution in [3.63, 3.8) is 0 Å². The van der Waals surface area contributed by atoms with E-state index in [2.05, 4.69) is 10.0 Å². The second kappa shape index (κ2) is 9.58. The van der Waals surface area contributed by atoms with Crippen molar-refractivity contribution in [1.82, 2.24) is 4.72 Å². The summed E-state index contributed by atoms with van der Waals surface area (Å²) in [5.41, 5.74) is 2.51. The van der Waals surface area contributed by atoms with E-state index >= 15 is 0 Å². The molecule has 7 heteroatoms. The molecule has 0 aliphatic heterocycles. The van der Waals surface area contributed by atoms with Crippen molar-refractivity contribution < 1.29 is 13.2 Å². The van der Waals surface area contributed by atoms with Gasteiger partial charge in [-0.15, -0.1) is 11.8 Å². The van der Waals surface area contributed by atoms with Crippen LogP contribution in [0.4, 0.5) is 5.69 Å². The highest BCUT2D eigenvalue weighted by Gasteiger charge is 2.23. The van der Waals surface area contributed by atoms with Crippen molar-refractivity contribution in [3.05, 3.63) is 53.6 Å². The van der Waals surface area contributed by atoms with E-state index in [0.717, 1.165) is 16.0 Å². The van der Waals surface area contributed by atoms with Crippen molar-refractivity contribution in [2.45, 2.75) is 49.9 Å². The second-order valence-electron chi connectivity index (χ2n) is 6.94. The Morgan fingerprint density at radius 3 is 2.39 bits per heavy atom. The fraction of sp³-hybridized carbons (Fsp3) is 0.381. The van der Waals surface area contributed by atoms with Gasteiger partial charge in [-0.05, 0) is 48.9 Å². The number of rotatable bonds is 8. The fourth-order valence-corrected chi connectivity index (χ4v) is 4.69. The number of carbonyl (C=O) groups excluding carboxylic acids is 1. The molecule has 0 aliphatic rings. The van der Waals surface area contributed by atoms with Crippen LogP contribution in [0.2, 0.25) is 0 Å². The highest BCUT2D eigenvalue weighted by molar-refractivity contribution is 7.98. The first-order chi connectivity index (χ1) is 13.2. The van der Waals surface area contributed by atoms with Gasteiger partial charge in [0.25, 0.3) is 0 Å². The number of anilines is 1. The Labute approximate surface area is 172 Å². The largest absolute Gasteiger partial charge is 0.325 e. The van der Waals surface area contributed by atoms with Crippen LogP contribution in [0.15, 0.2) is 52.3 Å². The lowest BCUT2D eigenvalue weighted by molar-refractivity contribution is -0.118. The molecule has 0 fully saturated rings. The molecule has 0 aliphatic carbocycles. The minimum absolute atomic E-state index is 0.136. The van der Waals surface area contributed by atoms with Gasteiger partial charge in [-0.2, -0.15) is 0 Å². The van der Waals surface area contributed by atoms with Gasteiger partial charge in [0.1, 0.15) is 0 Å². The molecule has 1 unspecified atom stereocenters. The summed E-state index contributed by atoms with van der Waals surface area (Å²) >= 11 is 1.46. The van der Waals surface area contributed by atoms with E-state index in [-0.39, 0.29) is 22.8 Å². The topological polar surface area (TPSA) is 75.3 Å². The molecule has 0 bridgehead atoms. The SMILES string of the molecule is CCC(NS(=O)(=O)c1ccc(SC)c(NC(=O)C(C)C)c1)c1ccccc1C. The van der Waals surface area contributed by atoms with Crippen LogP contribution in [0.3, 0.4) is 0 Å². The van der Waals surface area contributed by atoms with E-state index in [9.17, 15) is 13.2 Å². The van der Waals surface area contributed by atoms with Crippen molar-refractivity contribution in [1.29, 1.82) is 0 Å². The molecule has 5 nitrogen and oxygen atoms in total. The summed E-state index contributed by atoms with van der Waals surface area (Å²) in [6.07, 6.45) is 2.52. The number of amides is 1. The highest BCUT2D eigenvalue weighted by atomic mass is 32.2. The summed E-state index contributed by atoms with van der Waals surface area (Å²) in [5, 5.41) is 2.83. The first-order valence-electron chi connectivity index (χ1n) is 9.26. The maximum absolute atomic E-state index is 13.0. The molecule has 28 heavy (non-hydrogen) atoms. The van der Waals surface area contributed by atoms with Crippen LogP contribution in [0.5, 0.6) is 0 Å². The number of hydrogen-bond donors (Lipinski definition) is 2. The van der Waals surface area contributed by atoms with Crippen LogP contribution < -0.4 is 10.0 Å². The summed E-state index contributed by atoms with van der Waals surface area (Å²) in [5.74, 6) is -0.345. The number of nitrogens with one attached hydrogen (secondary N) is 2. The fourth-order valence-electron chi connectivity index (χ4n) is 2.83. The van der Waals surface area contributed by atoms with Gasteiger partial charge in [-0.25, -0.2) is 13.1 Å². The number of sulfonamides is 1. The van der Waals surface area contributed by atoms with E-state index in [1.54, 1.807) is 26.0 Å². The van der Waals surface area contributed by atoms with Crippen molar-refractivity contribution in [3.8, 4) is 0 Å². The summed E-state index contributed by atoms with van der Waals surface area (Å²) in [6.45, 7) is 7.51. The Hall–Kier alpha value is -1.83. The zero-order valence-corrected chi connectivity index (χ0v) is 18.6. The molecule has 2 aromatic carbocycles. The third kappa shape index (κ3) is 5.37. The van der Waals surface area contributed by atoms with E-state index < -0.39 is 10.0 Å². The van der Waals surface area contributed by atoms with Crippen LogP contribution in [0, 0.1) is 12.8 Å². The first-order valence-corrected chi connectivity index (χ1v) is 12.0. The molecule has 0 aromatic heterocycles. The Bertz CT molecular complexity index is 940. The lowest BCUT2D eigenvalue weighted by atomic mass is 10.0. The maximum atomic E-state index is 13.0. The van der Waals surface area contributed by atoms with E-state index in [4.69, 9.17) is 0 Å². The molecule has 0 heterocycles. The average molecular weight is 421 g/mol. The molecule has 0 spiro atoms. The lowest BCUT2D eigenvalue weighted by Crippen LogP contribution is -2.29. The van der Waals surface area contributed by atoms with Crippen molar-refractivity contribution >= 4 is 33.4 Å². The molecule has 1 amide bonds. The minimum Gasteiger partial charge on any atom is -0.325 e. The highest BCUT2D eigenvalue weighted by Crippen LogP contribution is 2.30. The van der Waals surface area contributed by atoms with E-state index in [0.29, 0.717) is 12.1 Å². The van der Waals surface area contributed by atoms with Gasteiger partial charge < -0.3 is 5.32 Å². The quantitative estimate of drug-likeness (QED) is 0.605. The third-order valence-electron chi connectivity index (χ3n) is 4.53. The zero-order chi connectivity index (χ0) is 20.9. The van der Waals surface area contributed by atoms with Gasteiger partial charge in [0.2, 0.25) is 15.9 Å². The molecule has 2 N–H and O–H groups in total. The number of thioether (sulfide) groups is 1.